The molecule has 0 bridgehead atoms. The summed E-state index contributed by atoms with van der Waals surface area (Å²) >= 11 is 0. The number of aryl methyl sites for hydroxylation is 4. The van der Waals surface area contributed by atoms with Gasteiger partial charge in [0, 0.05) is 125 Å². The van der Waals surface area contributed by atoms with Gasteiger partial charge in [0.05, 0.1) is 81.4 Å². The number of Topliss-reactive ketones (excluding diaryl/α,β-unsaturated/α-hetero) is 3. The number of rotatable bonds is 15. The average molecular weight is 1230 g/mol. The molecule has 5 fully saturated rings. The number of ketones is 3. The summed E-state index contributed by atoms with van der Waals surface area (Å²) in [5.41, 5.74) is 7.64. The number of nitrogens with zero attached hydrogens (tertiary/aromatic N) is 13. The number of aromatic nitrogens is 13. The summed E-state index contributed by atoms with van der Waals surface area (Å²) in [6, 6.07) is 12.6. The second-order valence-corrected chi connectivity index (χ2v) is 26.0. The second kappa shape index (κ2) is 26.2. The summed E-state index contributed by atoms with van der Waals surface area (Å²) < 4.78 is 47.8. The number of hydrogen-bond donors (Lipinski definition) is 1. The normalized spacial score (nSPS) is 22.4. The monoisotopic (exact) mass is 1230 g/mol. The van der Waals surface area contributed by atoms with Gasteiger partial charge in [0.1, 0.15) is 47.1 Å². The van der Waals surface area contributed by atoms with Crippen molar-refractivity contribution in [3.8, 4) is 57.2 Å². The number of alkyl halides is 1. The van der Waals surface area contributed by atoms with Gasteiger partial charge >= 0.3 is 0 Å². The lowest BCUT2D eigenvalue weighted by atomic mass is 9.85. The molecule has 4 saturated carbocycles. The predicted molar refractivity (Wildman–Crippen MR) is 340 cm³/mol. The van der Waals surface area contributed by atoms with Crippen molar-refractivity contribution in [1.82, 2.24) is 69.2 Å². The van der Waals surface area contributed by atoms with Gasteiger partial charge in [-0.3, -0.25) is 37.8 Å². The predicted octanol–water partition coefficient (Wildman–Crippen LogP) is 11.8. The Balaban J connectivity index is 0.000000131. The SMILES string of the molecule is COc1cc(-c2cc3nn(C)cc3c(O[C@H](C)[C@H]3CCC(=O)C3)n2)ccc1C.C[C@@H](Oc1nc(-c2cnn(C3CCC(C)(F)CC3)c2)cc2nn(C)cc12)[C@H]1CCC(=O)C1.C[C@@H](Oc1nc(-c2cnn(C3CCNCC3)c2)cc2nn(C)cc12)[C@H]1CCC(=O)C1. The number of nitrogens with one attached hydrogen (secondary N) is 1. The van der Waals surface area contributed by atoms with Gasteiger partial charge in [0.15, 0.2) is 0 Å². The zero-order valence-electron chi connectivity index (χ0n) is 53.2. The van der Waals surface area contributed by atoms with Crippen LogP contribution in [-0.2, 0) is 35.5 Å². The van der Waals surface area contributed by atoms with Crippen LogP contribution in [0.3, 0.4) is 0 Å². The molecule has 21 nitrogen and oxygen atoms in total. The van der Waals surface area contributed by atoms with E-state index in [9.17, 15) is 18.8 Å². The lowest BCUT2D eigenvalue weighted by molar-refractivity contribution is -0.118. The number of benzene rings is 1. The number of ether oxygens (including phenoxy) is 4. The van der Waals surface area contributed by atoms with E-state index in [-0.39, 0.29) is 42.1 Å². The van der Waals surface area contributed by atoms with Crippen molar-refractivity contribution in [2.45, 2.75) is 167 Å². The van der Waals surface area contributed by atoms with Crippen LogP contribution < -0.4 is 24.3 Å². The Bertz CT molecular complexity index is 4070. The summed E-state index contributed by atoms with van der Waals surface area (Å²) in [7, 11) is 7.33. The molecule has 474 valence electrons. The summed E-state index contributed by atoms with van der Waals surface area (Å²) in [6.45, 7) is 11.8. The van der Waals surface area contributed by atoms with Crippen LogP contribution in [0.5, 0.6) is 23.4 Å². The van der Waals surface area contributed by atoms with Crippen LogP contribution >= 0.6 is 0 Å². The smallest absolute Gasteiger partial charge is 0.225 e. The molecule has 14 rings (SSSR count). The summed E-state index contributed by atoms with van der Waals surface area (Å²) in [4.78, 5) is 49.5. The number of methoxy groups -OCH3 is 1. The standard InChI is InChI=1S/C24H30FN5O2.C22H28N6O2.C22H25N3O3/c1-15(16-4-5-19(31)10-16)32-23-20-14-29(3)28-22(20)11-21(27-23)17-12-26-30(13-17)18-6-8-24(2,25)9-7-18;1-14(15-3-4-18(29)9-15)30-22-19-13-27(2)26-21(19)10-20(25-22)16-11-24-28(12-16)17-5-7-23-8-6-17;1-13-5-6-16(10-21(13)27-4)19-11-20-18(12-25(3)24-20)22(23-19)28-14(2)15-7-8-17(26)9-15/h11-16,18H,4-10H2,1-3H3;10-15,17,23H,3-9H2,1-2H3;5-6,10-12,14-15H,7-9H2,1-4H3/t15-,16+,18?,24?;2*14-,15+/m111/s1. The zero-order valence-corrected chi connectivity index (χ0v) is 53.2. The van der Waals surface area contributed by atoms with E-state index in [0.29, 0.717) is 92.4 Å². The van der Waals surface area contributed by atoms with Gasteiger partial charge < -0.3 is 24.3 Å². The van der Waals surface area contributed by atoms with E-state index in [0.717, 1.165) is 136 Å². The van der Waals surface area contributed by atoms with Crippen LogP contribution in [0.15, 0.2) is 79.8 Å². The maximum atomic E-state index is 14.2. The summed E-state index contributed by atoms with van der Waals surface area (Å²) in [5.74, 6) is 4.16. The van der Waals surface area contributed by atoms with E-state index in [4.69, 9.17) is 33.9 Å². The third kappa shape index (κ3) is 14.0. The van der Waals surface area contributed by atoms with E-state index >= 15 is 0 Å². The largest absolute Gasteiger partial charge is 0.496 e. The summed E-state index contributed by atoms with van der Waals surface area (Å²) in [5, 5.41) is 28.9. The van der Waals surface area contributed by atoms with Crippen LogP contribution in [-0.4, -0.2) is 125 Å². The van der Waals surface area contributed by atoms with E-state index in [2.05, 4.69) is 41.7 Å². The van der Waals surface area contributed by atoms with E-state index in [1.807, 2.05) is 127 Å². The number of pyridine rings is 3. The molecule has 9 aromatic rings. The average Bonchev–Trinajstić information content (AvgIpc) is 1.82. The molecule has 90 heavy (non-hydrogen) atoms. The minimum Gasteiger partial charge on any atom is -0.496 e. The number of fused-ring (bicyclic) bond motifs is 3. The molecule has 0 amide bonds. The molecule has 0 radical (unpaired) electrons. The molecule has 6 atom stereocenters. The highest BCUT2D eigenvalue weighted by Gasteiger charge is 2.34. The molecule has 0 unspecified atom stereocenters. The van der Waals surface area contributed by atoms with E-state index in [1.165, 1.54) is 0 Å². The highest BCUT2D eigenvalue weighted by molar-refractivity contribution is 5.89. The highest BCUT2D eigenvalue weighted by Crippen LogP contribution is 2.40. The number of carbonyl (C=O) groups is 3. The van der Waals surface area contributed by atoms with Crippen molar-refractivity contribution in [2.75, 3.05) is 20.2 Å². The molecular formula is C68H83FN14O7. The number of hydrogen-bond acceptors (Lipinski definition) is 16. The van der Waals surface area contributed by atoms with Crippen molar-refractivity contribution >= 4 is 50.1 Å². The van der Waals surface area contributed by atoms with Crippen LogP contribution in [0.25, 0.3) is 66.5 Å². The van der Waals surface area contributed by atoms with Gasteiger partial charge in [-0.05, 0) is 135 Å². The second-order valence-electron chi connectivity index (χ2n) is 26.0. The van der Waals surface area contributed by atoms with Crippen molar-refractivity contribution in [3.05, 3.63) is 85.3 Å². The first kappa shape index (κ1) is 61.8. The first-order valence-electron chi connectivity index (χ1n) is 32.0. The number of piperidine rings is 1. The molecule has 4 aliphatic carbocycles. The highest BCUT2D eigenvalue weighted by atomic mass is 19.1. The first-order chi connectivity index (χ1) is 43.3. The molecular weight excluding hydrogens is 1140 g/mol. The Morgan fingerprint density at radius 3 is 1.31 bits per heavy atom. The molecule has 9 heterocycles. The number of carbonyl (C=O) groups excluding carboxylic acids is 3. The van der Waals surface area contributed by atoms with Gasteiger partial charge in [0.2, 0.25) is 17.6 Å². The minimum absolute atomic E-state index is 0.0694. The van der Waals surface area contributed by atoms with Crippen molar-refractivity contribution < 1.29 is 37.7 Å². The van der Waals surface area contributed by atoms with Crippen molar-refractivity contribution in [3.63, 3.8) is 0 Å². The molecule has 1 aliphatic heterocycles. The minimum atomic E-state index is -1.06. The molecule has 0 spiro atoms. The maximum absolute atomic E-state index is 14.2. The van der Waals surface area contributed by atoms with Crippen LogP contribution in [0.1, 0.15) is 142 Å². The first-order valence-corrected chi connectivity index (χ1v) is 32.0. The van der Waals surface area contributed by atoms with Crippen molar-refractivity contribution in [2.24, 2.45) is 38.9 Å². The third-order valence-corrected chi connectivity index (χ3v) is 19.0. The maximum Gasteiger partial charge on any atom is 0.225 e. The fraction of sp³-hybridized carbons (Fsp3) is 0.515. The van der Waals surface area contributed by atoms with Crippen LogP contribution in [0, 0.1) is 24.7 Å². The van der Waals surface area contributed by atoms with Gasteiger partial charge in [-0.15, -0.1) is 0 Å². The molecule has 1 saturated heterocycles. The lowest BCUT2D eigenvalue weighted by Crippen LogP contribution is -2.29. The Morgan fingerprint density at radius 1 is 0.544 bits per heavy atom. The third-order valence-electron chi connectivity index (χ3n) is 19.0. The Hall–Kier alpha value is -8.40. The van der Waals surface area contributed by atoms with Gasteiger partial charge in [-0.1, -0.05) is 12.1 Å². The molecule has 1 aromatic carbocycles. The quantitative estimate of drug-likeness (QED) is 0.101. The fourth-order valence-electron chi connectivity index (χ4n) is 13.4. The van der Waals surface area contributed by atoms with Gasteiger partial charge in [-0.2, -0.15) is 25.5 Å². The summed E-state index contributed by atoms with van der Waals surface area (Å²) in [6.07, 6.45) is 24.5. The van der Waals surface area contributed by atoms with Crippen LogP contribution in [0.2, 0.25) is 0 Å². The Labute approximate surface area is 523 Å². The number of halogens is 1. The topological polar surface area (TPSA) is 228 Å². The Kier molecular flexibility index (Phi) is 18.0. The lowest BCUT2D eigenvalue weighted by Gasteiger charge is -2.31. The molecule has 8 aromatic heterocycles. The molecule has 22 heteroatoms. The van der Waals surface area contributed by atoms with Crippen LogP contribution in [0.4, 0.5) is 4.39 Å². The van der Waals surface area contributed by atoms with Gasteiger partial charge in [-0.25, -0.2) is 19.3 Å². The van der Waals surface area contributed by atoms with Crippen molar-refractivity contribution in [1.29, 1.82) is 0 Å². The zero-order chi connectivity index (χ0) is 63.0. The fourth-order valence-corrected chi connectivity index (χ4v) is 13.4. The van der Waals surface area contributed by atoms with E-state index < -0.39 is 5.67 Å². The van der Waals surface area contributed by atoms with E-state index in [1.54, 1.807) is 28.1 Å². The molecule has 1 N–H and O–H groups in total. The molecule has 5 aliphatic rings. The Morgan fingerprint density at radius 2 is 0.933 bits per heavy atom. The van der Waals surface area contributed by atoms with Gasteiger partial charge in [0.25, 0.3) is 0 Å².